The summed E-state index contributed by atoms with van der Waals surface area (Å²) in [5, 5.41) is 11.1. The van der Waals surface area contributed by atoms with E-state index in [4.69, 9.17) is 9.47 Å². The number of carbonyl (C=O) groups excluding carboxylic acids is 2. The van der Waals surface area contributed by atoms with Crippen molar-refractivity contribution in [3.8, 4) is 11.5 Å². The number of amides is 1. The van der Waals surface area contributed by atoms with Crippen molar-refractivity contribution >= 4 is 23.1 Å². The Kier molecular flexibility index (Phi) is 5.01. The van der Waals surface area contributed by atoms with Gasteiger partial charge < -0.3 is 14.6 Å². The Labute approximate surface area is 186 Å². The number of ketones is 1. The fraction of sp³-hybridized carbons (Fsp3) is 0.125. The standard InChI is InChI=1S/C24H16F2N2O5/c25-15-6-5-14(12-16(15)26)28-21(17-3-1-2-8-27-17)20(23(30)24(28)31)22(29)13-4-7-18-19(11-13)33-10-9-32-18/h1-8,11-12,21,29H,9-10H2/b22-20-. The predicted molar refractivity (Wildman–Crippen MR) is 113 cm³/mol. The van der Waals surface area contributed by atoms with Gasteiger partial charge in [0.2, 0.25) is 0 Å². The maximum absolute atomic E-state index is 14.0. The summed E-state index contributed by atoms with van der Waals surface area (Å²) in [6, 6.07) is 11.2. The van der Waals surface area contributed by atoms with Crippen LogP contribution in [-0.4, -0.2) is 35.0 Å². The maximum atomic E-state index is 14.0. The predicted octanol–water partition coefficient (Wildman–Crippen LogP) is 3.76. The quantitative estimate of drug-likeness (QED) is 0.371. The number of aromatic nitrogens is 1. The summed E-state index contributed by atoms with van der Waals surface area (Å²) in [7, 11) is 0. The van der Waals surface area contributed by atoms with Crippen molar-refractivity contribution in [3.63, 3.8) is 0 Å². The van der Waals surface area contributed by atoms with Crippen molar-refractivity contribution in [2.45, 2.75) is 6.04 Å². The van der Waals surface area contributed by atoms with Crippen LogP contribution in [0.2, 0.25) is 0 Å². The van der Waals surface area contributed by atoms with Crippen molar-refractivity contribution in [1.82, 2.24) is 4.98 Å². The van der Waals surface area contributed by atoms with E-state index in [2.05, 4.69) is 4.98 Å². The Hall–Kier alpha value is -4.27. The second kappa shape index (κ2) is 8.01. The van der Waals surface area contributed by atoms with E-state index < -0.39 is 35.1 Å². The van der Waals surface area contributed by atoms with E-state index in [1.54, 1.807) is 24.3 Å². The number of nitrogens with zero attached hydrogens (tertiary/aromatic N) is 2. The molecule has 33 heavy (non-hydrogen) atoms. The van der Waals surface area contributed by atoms with Crippen LogP contribution in [0.1, 0.15) is 17.3 Å². The molecule has 2 aliphatic heterocycles. The van der Waals surface area contributed by atoms with E-state index in [9.17, 15) is 23.5 Å². The molecule has 2 aromatic carbocycles. The van der Waals surface area contributed by atoms with E-state index in [0.29, 0.717) is 24.7 Å². The van der Waals surface area contributed by atoms with Crippen molar-refractivity contribution in [3.05, 3.63) is 89.3 Å². The second-order valence-electron chi connectivity index (χ2n) is 7.38. The third-order valence-corrected chi connectivity index (χ3v) is 5.41. The average molecular weight is 450 g/mol. The molecule has 1 fully saturated rings. The molecule has 1 atom stereocenters. The van der Waals surface area contributed by atoms with Crippen LogP contribution in [0, 0.1) is 11.6 Å². The number of pyridine rings is 1. The number of Topliss-reactive ketones (excluding diaryl/α,β-unsaturated/α-hetero) is 1. The van der Waals surface area contributed by atoms with Gasteiger partial charge in [0, 0.05) is 23.5 Å². The van der Waals surface area contributed by atoms with Gasteiger partial charge in [-0.25, -0.2) is 8.78 Å². The molecule has 1 unspecified atom stereocenters. The van der Waals surface area contributed by atoms with Gasteiger partial charge in [-0.05, 0) is 42.5 Å². The summed E-state index contributed by atoms with van der Waals surface area (Å²) >= 11 is 0. The van der Waals surface area contributed by atoms with Crippen molar-refractivity contribution < 1.29 is 33.0 Å². The number of rotatable bonds is 3. The van der Waals surface area contributed by atoms with Crippen molar-refractivity contribution in [2.75, 3.05) is 18.1 Å². The summed E-state index contributed by atoms with van der Waals surface area (Å²) < 4.78 is 38.5. The fourth-order valence-electron chi connectivity index (χ4n) is 3.90. The summed E-state index contributed by atoms with van der Waals surface area (Å²) in [4.78, 5) is 31.3. The van der Waals surface area contributed by atoms with Gasteiger partial charge >= 0.3 is 0 Å². The zero-order valence-corrected chi connectivity index (χ0v) is 17.0. The van der Waals surface area contributed by atoms with Gasteiger partial charge in [0.05, 0.1) is 11.3 Å². The number of ether oxygens (including phenoxy) is 2. The Balaban J connectivity index is 1.69. The Morgan fingerprint density at radius 3 is 2.48 bits per heavy atom. The van der Waals surface area contributed by atoms with Crippen LogP contribution >= 0.6 is 0 Å². The number of aliphatic hydroxyl groups excluding tert-OH is 1. The highest BCUT2D eigenvalue weighted by molar-refractivity contribution is 6.51. The number of fused-ring (bicyclic) bond motifs is 1. The third kappa shape index (κ3) is 3.47. The maximum Gasteiger partial charge on any atom is 0.300 e. The number of anilines is 1. The molecule has 1 N–H and O–H groups in total. The summed E-state index contributed by atoms with van der Waals surface area (Å²) in [6.45, 7) is 0.711. The SMILES string of the molecule is O=C1C(=O)N(c2ccc(F)c(F)c2)C(c2ccccn2)/C1=C(/O)c1ccc2c(c1)OCCO2. The largest absolute Gasteiger partial charge is 0.507 e. The highest BCUT2D eigenvalue weighted by Crippen LogP contribution is 2.42. The molecular formula is C24H16F2N2O5. The number of carbonyl (C=O) groups is 2. The summed E-state index contributed by atoms with van der Waals surface area (Å²) in [6.07, 6.45) is 1.46. The monoisotopic (exact) mass is 450 g/mol. The van der Waals surface area contributed by atoms with E-state index in [-0.39, 0.29) is 22.5 Å². The Morgan fingerprint density at radius 2 is 1.76 bits per heavy atom. The Bertz CT molecular complexity index is 1310. The van der Waals surface area contributed by atoms with Crippen LogP contribution in [0.4, 0.5) is 14.5 Å². The first-order valence-corrected chi connectivity index (χ1v) is 10.0. The van der Waals surface area contributed by atoms with Crippen LogP contribution in [0.15, 0.2) is 66.4 Å². The minimum atomic E-state index is -1.18. The molecule has 3 heterocycles. The number of benzene rings is 2. The number of hydrogen-bond donors (Lipinski definition) is 1. The molecule has 5 rings (SSSR count). The second-order valence-corrected chi connectivity index (χ2v) is 7.38. The zero-order chi connectivity index (χ0) is 23.1. The fourth-order valence-corrected chi connectivity index (χ4v) is 3.90. The molecule has 166 valence electrons. The lowest BCUT2D eigenvalue weighted by Crippen LogP contribution is -2.30. The topological polar surface area (TPSA) is 89.0 Å². The molecule has 1 amide bonds. The Morgan fingerprint density at radius 1 is 0.970 bits per heavy atom. The number of aliphatic hydroxyl groups is 1. The molecule has 1 aromatic heterocycles. The minimum Gasteiger partial charge on any atom is -0.507 e. The molecule has 9 heteroatoms. The van der Waals surface area contributed by atoms with E-state index >= 15 is 0 Å². The van der Waals surface area contributed by atoms with Gasteiger partial charge in [-0.15, -0.1) is 0 Å². The smallest absolute Gasteiger partial charge is 0.300 e. The first-order chi connectivity index (χ1) is 16.0. The highest BCUT2D eigenvalue weighted by Gasteiger charge is 2.47. The van der Waals surface area contributed by atoms with Crippen LogP contribution in [0.25, 0.3) is 5.76 Å². The van der Waals surface area contributed by atoms with Crippen molar-refractivity contribution in [2.24, 2.45) is 0 Å². The molecule has 3 aromatic rings. The van der Waals surface area contributed by atoms with Gasteiger partial charge in [-0.3, -0.25) is 19.5 Å². The molecule has 0 spiro atoms. The lowest BCUT2D eigenvalue weighted by atomic mass is 9.98. The minimum absolute atomic E-state index is 0.0483. The molecule has 7 nitrogen and oxygen atoms in total. The van der Waals surface area contributed by atoms with Gasteiger partial charge in [-0.2, -0.15) is 0 Å². The van der Waals surface area contributed by atoms with Gasteiger partial charge in [0.1, 0.15) is 25.0 Å². The summed E-state index contributed by atoms with van der Waals surface area (Å²) in [5.74, 6) is -3.84. The van der Waals surface area contributed by atoms with Gasteiger partial charge in [0.25, 0.3) is 11.7 Å². The molecule has 1 saturated heterocycles. The summed E-state index contributed by atoms with van der Waals surface area (Å²) in [5.41, 5.74) is 0.206. The molecule has 0 saturated carbocycles. The molecule has 2 aliphatic rings. The van der Waals surface area contributed by atoms with E-state index in [0.717, 1.165) is 17.0 Å². The van der Waals surface area contributed by atoms with E-state index in [1.165, 1.54) is 24.4 Å². The molecular weight excluding hydrogens is 434 g/mol. The number of halogens is 2. The van der Waals surface area contributed by atoms with Crippen LogP contribution in [0.3, 0.4) is 0 Å². The molecule has 0 aliphatic carbocycles. The van der Waals surface area contributed by atoms with Gasteiger partial charge in [-0.1, -0.05) is 6.07 Å². The van der Waals surface area contributed by atoms with E-state index in [1.807, 2.05) is 0 Å². The normalized spacial score (nSPS) is 19.1. The number of hydrogen-bond acceptors (Lipinski definition) is 6. The van der Waals surface area contributed by atoms with Gasteiger partial charge in [0.15, 0.2) is 23.1 Å². The molecule has 0 radical (unpaired) electrons. The zero-order valence-electron chi connectivity index (χ0n) is 17.0. The van der Waals surface area contributed by atoms with Crippen LogP contribution in [-0.2, 0) is 9.59 Å². The average Bonchev–Trinajstić information content (AvgIpc) is 3.11. The lowest BCUT2D eigenvalue weighted by Gasteiger charge is -2.24. The first-order valence-electron chi connectivity index (χ1n) is 10.0. The van der Waals surface area contributed by atoms with Crippen LogP contribution in [0.5, 0.6) is 11.5 Å². The lowest BCUT2D eigenvalue weighted by molar-refractivity contribution is -0.132. The third-order valence-electron chi connectivity index (χ3n) is 5.41. The molecule has 0 bridgehead atoms. The van der Waals surface area contributed by atoms with Crippen molar-refractivity contribution in [1.29, 1.82) is 0 Å². The first kappa shape index (κ1) is 20.6. The highest BCUT2D eigenvalue weighted by atomic mass is 19.2. The van der Waals surface area contributed by atoms with Crippen LogP contribution < -0.4 is 14.4 Å².